The normalized spacial score (nSPS) is 22.9. The fourth-order valence-electron chi connectivity index (χ4n) is 8.26. The molecule has 3 N–H and O–H groups in total. The first-order valence-corrected chi connectivity index (χ1v) is 20.2. The fourth-order valence-corrected chi connectivity index (χ4v) is 10.9. The number of carbonyl (C=O) groups excluding carboxylic acids is 2. The number of hydrogen-bond acceptors (Lipinski definition) is 8. The maximum atomic E-state index is 14.2. The van der Waals surface area contributed by atoms with E-state index in [1.165, 1.54) is 0 Å². The Morgan fingerprint density at radius 2 is 1.69 bits per heavy atom. The van der Waals surface area contributed by atoms with Gasteiger partial charge in [-0.15, -0.1) is 5.10 Å². The van der Waals surface area contributed by atoms with Crippen molar-refractivity contribution in [3.05, 3.63) is 126 Å². The topological polar surface area (TPSA) is 139 Å². The average molecular weight is 702 g/mol. The zero-order valence-electron chi connectivity index (χ0n) is 28.6. The van der Waals surface area contributed by atoms with E-state index < -0.39 is 20.0 Å². The average Bonchev–Trinajstić information content (AvgIpc) is 3.77. The van der Waals surface area contributed by atoms with Crippen molar-refractivity contribution in [3.63, 3.8) is 0 Å². The van der Waals surface area contributed by atoms with E-state index in [9.17, 15) is 19.5 Å². The van der Waals surface area contributed by atoms with Crippen molar-refractivity contribution in [1.82, 2.24) is 15.0 Å². The molecule has 8 rings (SSSR count). The van der Waals surface area contributed by atoms with E-state index in [2.05, 4.69) is 15.6 Å². The van der Waals surface area contributed by atoms with E-state index in [4.69, 9.17) is 9.47 Å². The van der Waals surface area contributed by atoms with Crippen LogP contribution < -0.4 is 15.0 Å². The zero-order chi connectivity index (χ0) is 35.5. The molecule has 1 aromatic heterocycles. The van der Waals surface area contributed by atoms with Gasteiger partial charge in [0.1, 0.15) is 5.75 Å². The van der Waals surface area contributed by atoms with Gasteiger partial charge in [-0.25, -0.2) is 0 Å². The van der Waals surface area contributed by atoms with Crippen molar-refractivity contribution >= 4 is 37.2 Å². The molecule has 2 amide bonds. The van der Waals surface area contributed by atoms with Gasteiger partial charge in [0, 0.05) is 41.1 Å². The van der Waals surface area contributed by atoms with Crippen LogP contribution in [0.2, 0.25) is 18.6 Å². The van der Waals surface area contributed by atoms with Gasteiger partial charge in [-0.1, -0.05) is 66.7 Å². The number of nitrogens with zero attached hydrogens (tertiary/aromatic N) is 4. The lowest BCUT2D eigenvalue weighted by Gasteiger charge is -2.32. The highest BCUT2D eigenvalue weighted by Crippen LogP contribution is 2.59. The standard InChI is InChI=1S/C39H39N5O6Si/c1-24-36(51(2,3)48)35(19-20-43-22-31(41-42-43)28(23-45)25-11-5-4-6-12-25)50-39(24)29-21-26(17-18-30(29)40-38(39)47)44-32-14-8-10-16-34(32)49-33-15-9-7-13-27(33)37(44)46/h4-18,21-22,24,28,35-36,45,48H,19-20,23H2,1-3H3,(H,40,47)/t24-,28?,35+,36-,39+/m1/s1. The van der Waals surface area contributed by atoms with E-state index in [1.54, 1.807) is 27.8 Å². The van der Waals surface area contributed by atoms with Crippen molar-refractivity contribution in [2.24, 2.45) is 5.92 Å². The highest BCUT2D eigenvalue weighted by Gasteiger charge is 2.64. The van der Waals surface area contributed by atoms with E-state index in [0.717, 1.165) is 5.56 Å². The minimum Gasteiger partial charge on any atom is -0.454 e. The number of anilines is 3. The molecule has 260 valence electrons. The molecular formula is C39H39N5O6Si. The Bertz CT molecular complexity index is 2130. The highest BCUT2D eigenvalue weighted by atomic mass is 28.4. The maximum absolute atomic E-state index is 14.2. The Morgan fingerprint density at radius 3 is 2.45 bits per heavy atom. The second-order valence-electron chi connectivity index (χ2n) is 14.1. The van der Waals surface area contributed by atoms with E-state index >= 15 is 0 Å². The summed E-state index contributed by atoms with van der Waals surface area (Å²) in [6.07, 6.45) is 1.84. The molecular weight excluding hydrogens is 663 g/mol. The van der Waals surface area contributed by atoms with Crippen LogP contribution in [0.3, 0.4) is 0 Å². The molecule has 5 atom stereocenters. The molecule has 0 bridgehead atoms. The number of aryl methyl sites for hydroxylation is 1. The summed E-state index contributed by atoms with van der Waals surface area (Å²) in [6.45, 7) is 6.08. The van der Waals surface area contributed by atoms with Gasteiger partial charge >= 0.3 is 0 Å². The lowest BCUT2D eigenvalue weighted by atomic mass is 9.82. The third-order valence-electron chi connectivity index (χ3n) is 10.6. The number of ether oxygens (including phenoxy) is 2. The zero-order valence-corrected chi connectivity index (χ0v) is 29.6. The summed E-state index contributed by atoms with van der Waals surface area (Å²) in [7, 11) is -2.91. The minimum atomic E-state index is -2.91. The summed E-state index contributed by atoms with van der Waals surface area (Å²) < 4.78 is 14.9. The number of para-hydroxylation sites is 3. The molecule has 1 fully saturated rings. The summed E-state index contributed by atoms with van der Waals surface area (Å²) in [5.74, 6) is -0.245. The molecule has 0 saturated carbocycles. The lowest BCUT2D eigenvalue weighted by Crippen LogP contribution is -2.43. The molecule has 12 heteroatoms. The first kappa shape index (κ1) is 33.0. The summed E-state index contributed by atoms with van der Waals surface area (Å²) in [6, 6.07) is 29.7. The molecule has 4 heterocycles. The number of aromatic nitrogens is 3. The number of benzene rings is 4. The Balaban J connectivity index is 1.13. The molecule has 1 saturated heterocycles. The van der Waals surface area contributed by atoms with Crippen molar-refractivity contribution in [2.45, 2.75) is 56.1 Å². The van der Waals surface area contributed by atoms with E-state index in [1.807, 2.05) is 105 Å². The molecule has 3 aliphatic heterocycles. The van der Waals surface area contributed by atoms with Gasteiger partial charge in [0.2, 0.25) is 0 Å². The van der Waals surface area contributed by atoms with E-state index in [0.29, 0.717) is 58.3 Å². The van der Waals surface area contributed by atoms with Crippen LogP contribution in [0, 0.1) is 5.92 Å². The first-order valence-electron chi connectivity index (χ1n) is 17.2. The number of carbonyl (C=O) groups is 2. The third-order valence-corrected chi connectivity index (χ3v) is 13.1. The van der Waals surface area contributed by atoms with Gasteiger partial charge in [-0.2, -0.15) is 0 Å². The van der Waals surface area contributed by atoms with Crippen LogP contribution in [-0.2, 0) is 21.7 Å². The van der Waals surface area contributed by atoms with Crippen LogP contribution in [0.4, 0.5) is 17.1 Å². The number of aliphatic hydroxyl groups excluding tert-OH is 1. The predicted molar refractivity (Wildman–Crippen MR) is 194 cm³/mol. The number of fused-ring (bicyclic) bond motifs is 4. The monoisotopic (exact) mass is 701 g/mol. The quantitative estimate of drug-likeness (QED) is 0.160. The van der Waals surface area contributed by atoms with Crippen molar-refractivity contribution in [1.29, 1.82) is 0 Å². The van der Waals surface area contributed by atoms with Gasteiger partial charge in [0.05, 0.1) is 35.6 Å². The summed E-state index contributed by atoms with van der Waals surface area (Å²) in [5, 5.41) is 21.9. The van der Waals surface area contributed by atoms with E-state index in [-0.39, 0.29) is 35.8 Å². The number of aliphatic hydroxyl groups is 1. The Labute approximate surface area is 296 Å². The molecule has 51 heavy (non-hydrogen) atoms. The maximum Gasteiger partial charge on any atom is 0.266 e. The number of hydrogen-bond donors (Lipinski definition) is 3. The predicted octanol–water partition coefficient (Wildman–Crippen LogP) is 6.33. The Kier molecular flexibility index (Phi) is 8.14. The Hall–Kier alpha value is -5.14. The van der Waals surface area contributed by atoms with Crippen molar-refractivity contribution < 1.29 is 29.0 Å². The Morgan fingerprint density at radius 1 is 0.961 bits per heavy atom. The second kappa shape index (κ2) is 12.6. The number of nitrogens with one attached hydrogen (secondary N) is 1. The molecule has 1 spiro atoms. The van der Waals surface area contributed by atoms with Gasteiger partial charge in [0.25, 0.3) is 11.8 Å². The third kappa shape index (κ3) is 5.46. The van der Waals surface area contributed by atoms with Crippen LogP contribution in [0.5, 0.6) is 11.5 Å². The second-order valence-corrected chi connectivity index (χ2v) is 18.1. The van der Waals surface area contributed by atoms with Gasteiger partial charge in [-0.3, -0.25) is 19.2 Å². The summed E-state index contributed by atoms with van der Waals surface area (Å²) >= 11 is 0. The van der Waals surface area contributed by atoms with Crippen molar-refractivity contribution in [3.8, 4) is 11.5 Å². The molecule has 11 nitrogen and oxygen atoms in total. The molecule has 3 aliphatic rings. The van der Waals surface area contributed by atoms with Crippen LogP contribution >= 0.6 is 0 Å². The lowest BCUT2D eigenvalue weighted by molar-refractivity contribution is -0.143. The van der Waals surface area contributed by atoms with Gasteiger partial charge < -0.3 is 24.7 Å². The van der Waals surface area contributed by atoms with Gasteiger partial charge in [-0.05, 0) is 67.5 Å². The summed E-state index contributed by atoms with van der Waals surface area (Å²) in [4.78, 5) is 41.6. The smallest absolute Gasteiger partial charge is 0.266 e. The fraction of sp³-hybridized carbons (Fsp3) is 0.282. The largest absolute Gasteiger partial charge is 0.454 e. The molecule has 0 radical (unpaired) electrons. The number of amides is 2. The minimum absolute atomic E-state index is 0.106. The van der Waals surface area contributed by atoms with Gasteiger partial charge in [0.15, 0.2) is 19.7 Å². The van der Waals surface area contributed by atoms with Crippen LogP contribution in [0.1, 0.15) is 46.4 Å². The molecule has 1 unspecified atom stereocenters. The first-order chi connectivity index (χ1) is 24.6. The molecule has 4 aromatic carbocycles. The highest BCUT2D eigenvalue weighted by molar-refractivity contribution is 6.71. The van der Waals surface area contributed by atoms with Crippen LogP contribution in [0.15, 0.2) is 103 Å². The summed E-state index contributed by atoms with van der Waals surface area (Å²) in [5.41, 5.74) is 2.71. The molecule has 0 aliphatic carbocycles. The number of rotatable bonds is 8. The van der Waals surface area contributed by atoms with Crippen LogP contribution in [-0.4, -0.2) is 57.7 Å². The van der Waals surface area contributed by atoms with Crippen LogP contribution in [0.25, 0.3) is 0 Å². The van der Waals surface area contributed by atoms with Crippen molar-refractivity contribution in [2.75, 3.05) is 16.8 Å². The SMILES string of the molecule is C[C@@H]1[C@@H]([Si](C)(C)O)[C@H](CCn2cc(C(CO)c3ccccc3)nn2)O[C@@]12C(=O)Nc1ccc(N3C(=O)c4ccccc4Oc4ccccc43)cc12. The molecule has 5 aromatic rings.